The maximum atomic E-state index is 3.84. The van der Waals surface area contributed by atoms with Crippen molar-refractivity contribution >= 4 is 0 Å². The average Bonchev–Trinajstić information content (AvgIpc) is 3.33. The van der Waals surface area contributed by atoms with Crippen molar-refractivity contribution in [2.24, 2.45) is 0 Å². The van der Waals surface area contributed by atoms with Crippen molar-refractivity contribution in [3.8, 4) is 0 Å². The fourth-order valence-corrected chi connectivity index (χ4v) is 3.14. The first-order valence-corrected chi connectivity index (χ1v) is 8.21. The number of nitrogens with one attached hydrogen (secondary N) is 1. The summed E-state index contributed by atoms with van der Waals surface area (Å²) in [6.07, 6.45) is 3.53. The van der Waals surface area contributed by atoms with E-state index < -0.39 is 0 Å². The third-order valence-electron chi connectivity index (χ3n) is 4.63. The molecule has 0 aliphatic heterocycles. The Hall–Kier alpha value is -1.60. The van der Waals surface area contributed by atoms with Crippen LogP contribution in [0.25, 0.3) is 0 Å². The Morgan fingerprint density at radius 1 is 1.00 bits per heavy atom. The van der Waals surface area contributed by atoms with E-state index in [9.17, 15) is 0 Å². The van der Waals surface area contributed by atoms with Crippen LogP contribution in [0.4, 0.5) is 0 Å². The molecule has 0 aromatic heterocycles. The van der Waals surface area contributed by atoms with Gasteiger partial charge in [0.1, 0.15) is 0 Å². The third-order valence-corrected chi connectivity index (χ3v) is 4.63. The van der Waals surface area contributed by atoms with Crippen molar-refractivity contribution < 1.29 is 0 Å². The Morgan fingerprint density at radius 2 is 1.71 bits per heavy atom. The monoisotopic (exact) mass is 279 g/mol. The van der Waals surface area contributed by atoms with Crippen LogP contribution in [0.5, 0.6) is 0 Å². The van der Waals surface area contributed by atoms with Gasteiger partial charge in [-0.25, -0.2) is 0 Å². The molecule has 3 rings (SSSR count). The highest BCUT2D eigenvalue weighted by atomic mass is 15.0. The van der Waals surface area contributed by atoms with Crippen LogP contribution >= 0.6 is 0 Å². The maximum Gasteiger partial charge on any atom is 0.0320 e. The van der Waals surface area contributed by atoms with E-state index in [2.05, 4.69) is 73.8 Å². The molecule has 1 heteroatoms. The summed E-state index contributed by atoms with van der Waals surface area (Å²) in [6, 6.07) is 21.1. The molecule has 1 saturated carbocycles. The minimum absolute atomic E-state index is 0.481. The lowest BCUT2D eigenvalue weighted by atomic mass is 10.0. The van der Waals surface area contributed by atoms with E-state index >= 15 is 0 Å². The highest BCUT2D eigenvalue weighted by Gasteiger charge is 2.39. The molecule has 0 bridgehead atoms. The Kier molecular flexibility index (Phi) is 4.40. The molecule has 0 heterocycles. The van der Waals surface area contributed by atoms with Crippen LogP contribution in [0.1, 0.15) is 55.3 Å². The SMILES string of the molecule is CCc1ccc(C(CC)NC2CC2c2ccccc2)cc1. The summed E-state index contributed by atoms with van der Waals surface area (Å²) < 4.78 is 0. The lowest BCUT2D eigenvalue weighted by Crippen LogP contribution is -2.24. The fraction of sp³-hybridized carbons (Fsp3) is 0.400. The van der Waals surface area contributed by atoms with Crippen LogP contribution in [0.3, 0.4) is 0 Å². The molecular formula is C20H25N. The first-order valence-electron chi connectivity index (χ1n) is 8.21. The van der Waals surface area contributed by atoms with Gasteiger partial charge >= 0.3 is 0 Å². The van der Waals surface area contributed by atoms with Gasteiger partial charge in [-0.1, -0.05) is 68.4 Å². The molecule has 21 heavy (non-hydrogen) atoms. The zero-order valence-corrected chi connectivity index (χ0v) is 13.0. The largest absolute Gasteiger partial charge is 0.307 e. The summed E-state index contributed by atoms with van der Waals surface area (Å²) in [5.74, 6) is 0.704. The molecule has 2 aromatic carbocycles. The molecule has 1 nitrogen and oxygen atoms in total. The summed E-state index contributed by atoms with van der Waals surface area (Å²) >= 11 is 0. The Labute approximate surface area is 128 Å². The van der Waals surface area contributed by atoms with Gasteiger partial charge in [-0.15, -0.1) is 0 Å². The summed E-state index contributed by atoms with van der Waals surface area (Å²) in [4.78, 5) is 0. The number of hydrogen-bond acceptors (Lipinski definition) is 1. The van der Waals surface area contributed by atoms with Crippen molar-refractivity contribution in [3.63, 3.8) is 0 Å². The predicted octanol–water partition coefficient (Wildman–Crippen LogP) is 4.85. The van der Waals surface area contributed by atoms with E-state index in [1.165, 1.54) is 23.1 Å². The van der Waals surface area contributed by atoms with E-state index in [1.807, 2.05) is 0 Å². The minimum atomic E-state index is 0.481. The van der Waals surface area contributed by atoms with E-state index in [4.69, 9.17) is 0 Å². The van der Waals surface area contributed by atoms with Crippen molar-refractivity contribution in [1.82, 2.24) is 5.32 Å². The van der Waals surface area contributed by atoms with E-state index in [0.717, 1.165) is 12.8 Å². The standard InChI is InChI=1S/C20H25N/c1-3-15-10-12-17(13-11-15)19(4-2)21-20-14-18(20)16-8-6-5-7-9-16/h5-13,18-21H,3-4,14H2,1-2H3. The van der Waals surface area contributed by atoms with E-state index in [0.29, 0.717) is 18.0 Å². The molecule has 0 saturated heterocycles. The van der Waals surface area contributed by atoms with Crippen LogP contribution in [-0.2, 0) is 6.42 Å². The lowest BCUT2D eigenvalue weighted by molar-refractivity contribution is 0.510. The number of benzene rings is 2. The molecule has 2 aromatic rings. The molecular weight excluding hydrogens is 254 g/mol. The number of hydrogen-bond donors (Lipinski definition) is 1. The fourth-order valence-electron chi connectivity index (χ4n) is 3.14. The van der Waals surface area contributed by atoms with Gasteiger partial charge in [0.15, 0.2) is 0 Å². The molecule has 1 fully saturated rings. The Morgan fingerprint density at radius 3 is 2.33 bits per heavy atom. The summed E-state index contributed by atoms with van der Waals surface area (Å²) in [5, 5.41) is 3.84. The summed E-state index contributed by atoms with van der Waals surface area (Å²) in [6.45, 7) is 4.48. The van der Waals surface area contributed by atoms with Gasteiger partial charge in [-0.3, -0.25) is 0 Å². The highest BCUT2D eigenvalue weighted by Crippen LogP contribution is 2.42. The van der Waals surface area contributed by atoms with Crippen molar-refractivity contribution in [1.29, 1.82) is 0 Å². The number of rotatable bonds is 6. The average molecular weight is 279 g/mol. The van der Waals surface area contributed by atoms with E-state index in [-0.39, 0.29) is 0 Å². The van der Waals surface area contributed by atoms with Crippen molar-refractivity contribution in [3.05, 3.63) is 71.3 Å². The molecule has 0 spiro atoms. The molecule has 3 unspecified atom stereocenters. The second-order valence-electron chi connectivity index (χ2n) is 6.08. The number of aryl methyl sites for hydroxylation is 1. The second kappa shape index (κ2) is 6.44. The third kappa shape index (κ3) is 3.36. The second-order valence-corrected chi connectivity index (χ2v) is 6.08. The zero-order chi connectivity index (χ0) is 14.7. The molecule has 1 aliphatic rings. The summed E-state index contributed by atoms with van der Waals surface area (Å²) in [7, 11) is 0. The van der Waals surface area contributed by atoms with Gasteiger partial charge < -0.3 is 5.32 Å². The molecule has 110 valence electrons. The van der Waals surface area contributed by atoms with Gasteiger partial charge in [-0.05, 0) is 36.0 Å². The van der Waals surface area contributed by atoms with Crippen LogP contribution in [-0.4, -0.2) is 6.04 Å². The van der Waals surface area contributed by atoms with Gasteiger partial charge in [0.2, 0.25) is 0 Å². The molecule has 1 aliphatic carbocycles. The quantitative estimate of drug-likeness (QED) is 0.797. The maximum absolute atomic E-state index is 3.84. The van der Waals surface area contributed by atoms with E-state index in [1.54, 1.807) is 0 Å². The first-order chi connectivity index (χ1) is 10.3. The predicted molar refractivity (Wildman–Crippen MR) is 89.6 cm³/mol. The van der Waals surface area contributed by atoms with Gasteiger partial charge in [0.05, 0.1) is 0 Å². The first kappa shape index (κ1) is 14.3. The van der Waals surface area contributed by atoms with Gasteiger partial charge in [0.25, 0.3) is 0 Å². The molecule has 1 N–H and O–H groups in total. The van der Waals surface area contributed by atoms with Crippen LogP contribution < -0.4 is 5.32 Å². The normalized spacial score (nSPS) is 22.0. The minimum Gasteiger partial charge on any atom is -0.307 e. The summed E-state index contributed by atoms with van der Waals surface area (Å²) in [5.41, 5.74) is 4.32. The van der Waals surface area contributed by atoms with Crippen molar-refractivity contribution in [2.45, 2.75) is 51.1 Å². The van der Waals surface area contributed by atoms with Gasteiger partial charge in [0, 0.05) is 18.0 Å². The topological polar surface area (TPSA) is 12.0 Å². The van der Waals surface area contributed by atoms with Crippen LogP contribution in [0.15, 0.2) is 54.6 Å². The molecule has 3 atom stereocenters. The van der Waals surface area contributed by atoms with Gasteiger partial charge in [-0.2, -0.15) is 0 Å². The highest BCUT2D eigenvalue weighted by molar-refractivity contribution is 5.29. The Bertz CT molecular complexity index is 558. The van der Waals surface area contributed by atoms with Crippen LogP contribution in [0.2, 0.25) is 0 Å². The zero-order valence-electron chi connectivity index (χ0n) is 13.0. The van der Waals surface area contributed by atoms with Crippen LogP contribution in [0, 0.1) is 0 Å². The Balaban J connectivity index is 1.63. The molecule has 0 amide bonds. The van der Waals surface area contributed by atoms with Crippen molar-refractivity contribution in [2.75, 3.05) is 0 Å². The lowest BCUT2D eigenvalue weighted by Gasteiger charge is -2.18. The molecule has 0 radical (unpaired) electrons. The smallest absolute Gasteiger partial charge is 0.0320 e.